The van der Waals surface area contributed by atoms with Gasteiger partial charge in [0.2, 0.25) is 0 Å². The minimum Gasteiger partial charge on any atom is -0.462 e. The molecule has 3 fully saturated rings. The van der Waals surface area contributed by atoms with Crippen LogP contribution in [0, 0.1) is 29.6 Å². The fourth-order valence-electron chi connectivity index (χ4n) is 4.11. The average Bonchev–Trinajstić information content (AvgIpc) is 2.68. The Morgan fingerprint density at radius 2 is 2.23 bits per heavy atom. The molecule has 2 aliphatic carbocycles. The van der Waals surface area contributed by atoms with E-state index in [0.717, 1.165) is 12.3 Å². The summed E-state index contributed by atoms with van der Waals surface area (Å²) in [4.78, 5) is 11.6. The Labute approximate surface area is 78.6 Å². The van der Waals surface area contributed by atoms with Crippen molar-refractivity contribution in [3.05, 3.63) is 0 Å². The zero-order valence-electron chi connectivity index (χ0n) is 8.19. The van der Waals surface area contributed by atoms with Crippen molar-refractivity contribution in [3.63, 3.8) is 0 Å². The number of ether oxygens (including phenoxy) is 1. The van der Waals surface area contributed by atoms with E-state index in [1.54, 1.807) is 0 Å². The summed E-state index contributed by atoms with van der Waals surface area (Å²) in [7, 11) is 0. The maximum Gasteiger partial charge on any atom is 0.309 e. The highest BCUT2D eigenvalue weighted by Gasteiger charge is 2.64. The van der Waals surface area contributed by atoms with Crippen molar-refractivity contribution in [2.45, 2.75) is 32.8 Å². The molecule has 1 saturated heterocycles. The summed E-state index contributed by atoms with van der Waals surface area (Å²) in [6, 6.07) is 0. The van der Waals surface area contributed by atoms with Gasteiger partial charge in [-0.05, 0) is 24.2 Å². The number of hydrogen-bond acceptors (Lipinski definition) is 2. The normalized spacial score (nSPS) is 57.2. The van der Waals surface area contributed by atoms with E-state index in [1.165, 1.54) is 6.42 Å². The standard InChI is InChI=1S/C11H16O2/c1-3-6-7-4-8-9(6)11(12)13-10(8)5(7)2/h5-10H,3-4H2,1-2H3. The summed E-state index contributed by atoms with van der Waals surface area (Å²) >= 11 is 0. The molecule has 2 heteroatoms. The van der Waals surface area contributed by atoms with Gasteiger partial charge in [0.1, 0.15) is 6.10 Å². The molecular weight excluding hydrogens is 164 g/mol. The molecule has 0 aromatic carbocycles. The lowest BCUT2D eigenvalue weighted by Gasteiger charge is -2.28. The van der Waals surface area contributed by atoms with Crippen LogP contribution in [0.3, 0.4) is 0 Å². The zero-order chi connectivity index (χ0) is 9.16. The molecule has 2 bridgehead atoms. The molecule has 0 amide bonds. The van der Waals surface area contributed by atoms with Crippen LogP contribution in [-0.4, -0.2) is 12.1 Å². The van der Waals surface area contributed by atoms with Crippen LogP contribution in [0.25, 0.3) is 0 Å². The van der Waals surface area contributed by atoms with Crippen molar-refractivity contribution >= 4 is 5.97 Å². The minimum absolute atomic E-state index is 0.105. The second-order valence-electron chi connectivity index (χ2n) is 4.92. The van der Waals surface area contributed by atoms with Crippen molar-refractivity contribution in [1.29, 1.82) is 0 Å². The second-order valence-corrected chi connectivity index (χ2v) is 4.92. The number of fused-ring (bicyclic) bond motifs is 1. The summed E-state index contributed by atoms with van der Waals surface area (Å²) in [5.74, 6) is 2.99. The minimum atomic E-state index is 0.105. The SMILES string of the molecule is CCC1C2CC3C(OC(=O)C13)C2C. The van der Waals surface area contributed by atoms with E-state index in [9.17, 15) is 4.79 Å². The fourth-order valence-corrected chi connectivity index (χ4v) is 4.11. The largest absolute Gasteiger partial charge is 0.462 e. The molecule has 3 aliphatic rings. The van der Waals surface area contributed by atoms with Crippen molar-refractivity contribution in [1.82, 2.24) is 0 Å². The molecule has 6 atom stereocenters. The number of carbonyl (C=O) groups excluding carboxylic acids is 1. The fraction of sp³-hybridized carbons (Fsp3) is 0.909. The lowest BCUT2D eigenvalue weighted by atomic mass is 9.74. The summed E-state index contributed by atoms with van der Waals surface area (Å²) in [6.07, 6.45) is 2.68. The van der Waals surface area contributed by atoms with Crippen molar-refractivity contribution < 1.29 is 9.53 Å². The molecule has 0 N–H and O–H groups in total. The molecular formula is C11H16O2. The Balaban J connectivity index is 2.01. The van der Waals surface area contributed by atoms with Crippen LogP contribution in [0.4, 0.5) is 0 Å². The third-order valence-electron chi connectivity index (χ3n) is 4.63. The molecule has 0 radical (unpaired) electrons. The van der Waals surface area contributed by atoms with Gasteiger partial charge < -0.3 is 4.74 Å². The predicted octanol–water partition coefficient (Wildman–Crippen LogP) is 1.84. The Morgan fingerprint density at radius 3 is 2.92 bits per heavy atom. The van der Waals surface area contributed by atoms with Gasteiger partial charge in [-0.1, -0.05) is 20.3 Å². The first kappa shape index (κ1) is 7.84. The first-order valence-electron chi connectivity index (χ1n) is 5.44. The van der Waals surface area contributed by atoms with Gasteiger partial charge >= 0.3 is 5.97 Å². The molecule has 2 nitrogen and oxygen atoms in total. The third kappa shape index (κ3) is 0.733. The lowest BCUT2D eigenvalue weighted by Crippen LogP contribution is -2.31. The van der Waals surface area contributed by atoms with Crippen LogP contribution in [0.15, 0.2) is 0 Å². The van der Waals surface area contributed by atoms with Crippen molar-refractivity contribution in [2.75, 3.05) is 0 Å². The van der Waals surface area contributed by atoms with Gasteiger partial charge in [0, 0.05) is 5.92 Å². The summed E-state index contributed by atoms with van der Waals surface area (Å²) in [5.41, 5.74) is 0. The van der Waals surface area contributed by atoms with Crippen LogP contribution >= 0.6 is 0 Å². The molecule has 1 aliphatic heterocycles. The molecule has 2 saturated carbocycles. The van der Waals surface area contributed by atoms with Crippen LogP contribution in [0.2, 0.25) is 0 Å². The van der Waals surface area contributed by atoms with E-state index in [0.29, 0.717) is 17.8 Å². The van der Waals surface area contributed by atoms with E-state index in [-0.39, 0.29) is 18.0 Å². The number of rotatable bonds is 1. The Hall–Kier alpha value is -0.530. The van der Waals surface area contributed by atoms with Gasteiger partial charge in [0.25, 0.3) is 0 Å². The highest BCUT2D eigenvalue weighted by molar-refractivity contribution is 5.77. The smallest absolute Gasteiger partial charge is 0.309 e. The molecule has 6 unspecified atom stereocenters. The Bertz CT molecular complexity index is 261. The highest BCUT2D eigenvalue weighted by Crippen LogP contribution is 2.60. The van der Waals surface area contributed by atoms with Crippen molar-refractivity contribution in [3.8, 4) is 0 Å². The third-order valence-corrected chi connectivity index (χ3v) is 4.63. The van der Waals surface area contributed by atoms with Crippen LogP contribution < -0.4 is 0 Å². The molecule has 0 aromatic heterocycles. The van der Waals surface area contributed by atoms with E-state index in [2.05, 4.69) is 13.8 Å². The van der Waals surface area contributed by atoms with Gasteiger partial charge in [-0.3, -0.25) is 4.79 Å². The lowest BCUT2D eigenvalue weighted by molar-refractivity contribution is -0.144. The molecule has 1 heterocycles. The number of esters is 1. The van der Waals surface area contributed by atoms with Crippen LogP contribution in [-0.2, 0) is 9.53 Å². The van der Waals surface area contributed by atoms with Crippen molar-refractivity contribution in [2.24, 2.45) is 29.6 Å². The average molecular weight is 180 g/mol. The maximum atomic E-state index is 11.6. The summed E-state index contributed by atoms with van der Waals surface area (Å²) in [6.45, 7) is 4.46. The van der Waals surface area contributed by atoms with Gasteiger partial charge in [0.15, 0.2) is 0 Å². The Kier molecular flexibility index (Phi) is 1.38. The van der Waals surface area contributed by atoms with E-state index in [4.69, 9.17) is 4.74 Å². The van der Waals surface area contributed by atoms with E-state index >= 15 is 0 Å². The molecule has 3 rings (SSSR count). The maximum absolute atomic E-state index is 11.6. The van der Waals surface area contributed by atoms with E-state index < -0.39 is 0 Å². The first-order valence-corrected chi connectivity index (χ1v) is 5.44. The van der Waals surface area contributed by atoms with Gasteiger partial charge in [-0.15, -0.1) is 0 Å². The Morgan fingerprint density at radius 1 is 1.46 bits per heavy atom. The quantitative estimate of drug-likeness (QED) is 0.575. The highest BCUT2D eigenvalue weighted by atomic mass is 16.6. The molecule has 13 heavy (non-hydrogen) atoms. The molecule has 72 valence electrons. The topological polar surface area (TPSA) is 26.3 Å². The van der Waals surface area contributed by atoms with Gasteiger partial charge in [-0.25, -0.2) is 0 Å². The van der Waals surface area contributed by atoms with E-state index in [1.807, 2.05) is 0 Å². The summed E-state index contributed by atoms with van der Waals surface area (Å²) < 4.78 is 5.44. The number of carbonyl (C=O) groups is 1. The molecule has 0 aromatic rings. The second kappa shape index (κ2) is 2.28. The van der Waals surface area contributed by atoms with Crippen LogP contribution in [0.1, 0.15) is 26.7 Å². The summed E-state index contributed by atoms with van der Waals surface area (Å²) in [5, 5.41) is 0. The monoisotopic (exact) mass is 180 g/mol. The zero-order valence-corrected chi connectivity index (χ0v) is 8.19. The first-order chi connectivity index (χ1) is 6.24. The number of hydrogen-bond donors (Lipinski definition) is 0. The van der Waals surface area contributed by atoms with Crippen LogP contribution in [0.5, 0.6) is 0 Å². The van der Waals surface area contributed by atoms with Gasteiger partial charge in [-0.2, -0.15) is 0 Å². The predicted molar refractivity (Wildman–Crippen MR) is 47.9 cm³/mol. The van der Waals surface area contributed by atoms with Gasteiger partial charge in [0.05, 0.1) is 5.92 Å². The molecule has 0 spiro atoms.